The van der Waals surface area contributed by atoms with Gasteiger partial charge in [-0.2, -0.15) is 0 Å². The van der Waals surface area contributed by atoms with Gasteiger partial charge in [-0.15, -0.1) is 0 Å². The molecule has 2 rings (SSSR count). The smallest absolute Gasteiger partial charge is 0.321 e. The number of hydrogen-bond donors (Lipinski definition) is 2. The van der Waals surface area contributed by atoms with Crippen LogP contribution in [0.15, 0.2) is 24.3 Å². The number of carbonyl (C=O) groups excluding carboxylic acids is 1. The predicted molar refractivity (Wildman–Crippen MR) is 84.8 cm³/mol. The van der Waals surface area contributed by atoms with Crippen LogP contribution < -0.4 is 10.1 Å². The molecule has 1 aromatic carbocycles. The second-order valence-corrected chi connectivity index (χ2v) is 5.84. The number of nitrogens with zero attached hydrogens (tertiary/aromatic N) is 1. The van der Waals surface area contributed by atoms with Crippen LogP contribution in [0.2, 0.25) is 0 Å². The van der Waals surface area contributed by atoms with E-state index in [0.29, 0.717) is 37.6 Å². The molecule has 0 saturated carbocycles. The summed E-state index contributed by atoms with van der Waals surface area (Å²) in [6.07, 6.45) is 0.454. The van der Waals surface area contributed by atoms with Crippen LogP contribution in [0.5, 0.6) is 5.75 Å². The summed E-state index contributed by atoms with van der Waals surface area (Å²) in [6, 6.07) is 6.75. The lowest BCUT2D eigenvalue weighted by atomic mass is 9.90. The third kappa shape index (κ3) is 4.35. The first kappa shape index (κ1) is 17.1. The molecule has 126 valence electrons. The Hall–Kier alpha value is -2.28. The van der Waals surface area contributed by atoms with Gasteiger partial charge in [0, 0.05) is 32.0 Å². The van der Waals surface area contributed by atoms with Gasteiger partial charge >= 0.3 is 12.0 Å². The Morgan fingerprint density at radius 2 is 2.17 bits per heavy atom. The van der Waals surface area contributed by atoms with Crippen molar-refractivity contribution in [1.29, 1.82) is 0 Å². The standard InChI is InChI=1S/C16H22N2O5/c1-16(14(19)20)6-7-18(11-16)15(21)17-12-4-3-5-13(10-12)23-9-8-22-2/h3-5,10H,6-9,11H2,1-2H3,(H,17,21)(H,19,20). The van der Waals surface area contributed by atoms with Crippen LogP contribution in [0.3, 0.4) is 0 Å². The Kier molecular flexibility index (Phi) is 5.44. The minimum absolute atomic E-state index is 0.207. The van der Waals surface area contributed by atoms with Crippen LogP contribution in [-0.4, -0.2) is 55.4 Å². The Bertz CT molecular complexity index is 577. The third-order valence-electron chi connectivity index (χ3n) is 3.92. The summed E-state index contributed by atoms with van der Waals surface area (Å²) >= 11 is 0. The number of aliphatic carboxylic acids is 1. The number of carboxylic acid groups (broad SMARTS) is 1. The van der Waals surface area contributed by atoms with Crippen molar-refractivity contribution in [2.75, 3.05) is 38.7 Å². The van der Waals surface area contributed by atoms with Crippen LogP contribution in [0.1, 0.15) is 13.3 Å². The van der Waals surface area contributed by atoms with Crippen molar-refractivity contribution in [2.24, 2.45) is 5.41 Å². The lowest BCUT2D eigenvalue weighted by Crippen LogP contribution is -2.37. The number of nitrogens with one attached hydrogen (secondary N) is 1. The third-order valence-corrected chi connectivity index (χ3v) is 3.92. The van der Waals surface area contributed by atoms with Crippen molar-refractivity contribution >= 4 is 17.7 Å². The van der Waals surface area contributed by atoms with Crippen LogP contribution >= 0.6 is 0 Å². The highest BCUT2D eigenvalue weighted by atomic mass is 16.5. The maximum atomic E-state index is 12.3. The van der Waals surface area contributed by atoms with Crippen molar-refractivity contribution in [3.05, 3.63) is 24.3 Å². The molecule has 1 aliphatic heterocycles. The SMILES string of the molecule is COCCOc1cccc(NC(=O)N2CCC(C)(C(=O)O)C2)c1. The van der Waals surface area contributed by atoms with Gasteiger partial charge in [-0.3, -0.25) is 4.79 Å². The number of benzene rings is 1. The number of ether oxygens (including phenoxy) is 2. The number of anilines is 1. The summed E-state index contributed by atoms with van der Waals surface area (Å²) in [7, 11) is 1.60. The van der Waals surface area contributed by atoms with Gasteiger partial charge in [-0.05, 0) is 25.5 Å². The molecule has 23 heavy (non-hydrogen) atoms. The summed E-state index contributed by atoms with van der Waals surface area (Å²) in [4.78, 5) is 25.0. The number of carboxylic acids is 1. The molecule has 1 aliphatic rings. The average molecular weight is 322 g/mol. The molecule has 7 heteroatoms. The monoisotopic (exact) mass is 322 g/mol. The number of amides is 2. The van der Waals surface area contributed by atoms with Gasteiger partial charge in [0.05, 0.1) is 12.0 Å². The van der Waals surface area contributed by atoms with Crippen LogP contribution in [0.25, 0.3) is 0 Å². The number of urea groups is 1. The van der Waals surface area contributed by atoms with E-state index in [1.807, 2.05) is 0 Å². The predicted octanol–water partition coefficient (Wildman–Crippen LogP) is 2.04. The van der Waals surface area contributed by atoms with E-state index < -0.39 is 11.4 Å². The molecule has 0 aliphatic carbocycles. The Morgan fingerprint density at radius 1 is 1.39 bits per heavy atom. The molecule has 1 atom stereocenters. The molecule has 2 amide bonds. The van der Waals surface area contributed by atoms with Crippen molar-refractivity contribution in [2.45, 2.75) is 13.3 Å². The first-order valence-electron chi connectivity index (χ1n) is 7.46. The molecular formula is C16H22N2O5. The number of rotatable bonds is 6. The van der Waals surface area contributed by atoms with E-state index >= 15 is 0 Å². The zero-order valence-corrected chi connectivity index (χ0v) is 13.4. The normalized spacial score (nSPS) is 20.3. The molecule has 1 saturated heterocycles. The molecule has 0 bridgehead atoms. The fourth-order valence-corrected chi connectivity index (χ4v) is 2.42. The first-order valence-corrected chi connectivity index (χ1v) is 7.46. The first-order chi connectivity index (χ1) is 10.9. The number of methoxy groups -OCH3 is 1. The molecule has 1 fully saturated rings. The Morgan fingerprint density at radius 3 is 2.83 bits per heavy atom. The highest BCUT2D eigenvalue weighted by Crippen LogP contribution is 2.30. The summed E-state index contributed by atoms with van der Waals surface area (Å²) in [5.41, 5.74) is -0.267. The summed E-state index contributed by atoms with van der Waals surface area (Å²) in [5.74, 6) is -0.238. The largest absolute Gasteiger partial charge is 0.491 e. The van der Waals surface area contributed by atoms with Gasteiger partial charge in [0.2, 0.25) is 0 Å². The van der Waals surface area contributed by atoms with Crippen molar-refractivity contribution in [3.8, 4) is 5.75 Å². The van der Waals surface area contributed by atoms with Crippen molar-refractivity contribution < 1.29 is 24.2 Å². The fraction of sp³-hybridized carbons (Fsp3) is 0.500. The average Bonchev–Trinajstić information content (AvgIpc) is 2.92. The van der Waals surface area contributed by atoms with Crippen molar-refractivity contribution in [1.82, 2.24) is 4.90 Å². The molecule has 0 radical (unpaired) electrons. The minimum atomic E-state index is -0.874. The lowest BCUT2D eigenvalue weighted by Gasteiger charge is -2.20. The molecule has 1 unspecified atom stereocenters. The quantitative estimate of drug-likeness (QED) is 0.783. The van der Waals surface area contributed by atoms with Gasteiger partial charge in [-0.25, -0.2) is 4.79 Å². The molecular weight excluding hydrogens is 300 g/mol. The van der Waals surface area contributed by atoms with Gasteiger partial charge in [0.25, 0.3) is 0 Å². The summed E-state index contributed by atoms with van der Waals surface area (Å²) in [6.45, 7) is 3.21. The highest BCUT2D eigenvalue weighted by Gasteiger charge is 2.42. The van der Waals surface area contributed by atoms with Crippen LogP contribution in [-0.2, 0) is 9.53 Å². The van der Waals surface area contributed by atoms with Crippen molar-refractivity contribution in [3.63, 3.8) is 0 Å². The van der Waals surface area contributed by atoms with E-state index in [4.69, 9.17) is 9.47 Å². The fourth-order valence-electron chi connectivity index (χ4n) is 2.42. The van der Waals surface area contributed by atoms with E-state index in [0.717, 1.165) is 0 Å². The van der Waals surface area contributed by atoms with Gasteiger partial charge in [0.15, 0.2) is 0 Å². The Labute approximate surface area is 135 Å². The molecule has 0 spiro atoms. The van der Waals surface area contributed by atoms with Gasteiger partial charge < -0.3 is 24.8 Å². The summed E-state index contributed by atoms with van der Waals surface area (Å²) in [5, 5.41) is 12.0. The van der Waals surface area contributed by atoms with Gasteiger partial charge in [-0.1, -0.05) is 6.07 Å². The van der Waals surface area contributed by atoms with E-state index in [9.17, 15) is 14.7 Å². The van der Waals surface area contributed by atoms with Gasteiger partial charge in [0.1, 0.15) is 12.4 Å². The molecule has 1 aromatic rings. The molecule has 7 nitrogen and oxygen atoms in total. The number of carbonyl (C=O) groups is 2. The molecule has 2 N–H and O–H groups in total. The van der Waals surface area contributed by atoms with Crippen LogP contribution in [0.4, 0.5) is 10.5 Å². The topological polar surface area (TPSA) is 88.1 Å². The maximum absolute atomic E-state index is 12.3. The zero-order valence-electron chi connectivity index (χ0n) is 13.4. The molecule has 0 aromatic heterocycles. The van der Waals surface area contributed by atoms with Crippen LogP contribution in [0, 0.1) is 5.41 Å². The summed E-state index contributed by atoms with van der Waals surface area (Å²) < 4.78 is 10.4. The number of likely N-dealkylation sites (tertiary alicyclic amines) is 1. The highest BCUT2D eigenvalue weighted by molar-refractivity contribution is 5.90. The second-order valence-electron chi connectivity index (χ2n) is 5.84. The minimum Gasteiger partial charge on any atom is -0.491 e. The maximum Gasteiger partial charge on any atom is 0.321 e. The zero-order chi connectivity index (χ0) is 16.9. The van der Waals surface area contributed by atoms with E-state index in [1.165, 1.54) is 4.90 Å². The van der Waals surface area contributed by atoms with E-state index in [-0.39, 0.29) is 12.6 Å². The van der Waals surface area contributed by atoms with E-state index in [2.05, 4.69) is 5.32 Å². The number of hydrogen-bond acceptors (Lipinski definition) is 4. The Balaban J connectivity index is 1.93. The lowest BCUT2D eigenvalue weighted by molar-refractivity contribution is -0.146. The second kappa shape index (κ2) is 7.32. The van der Waals surface area contributed by atoms with E-state index in [1.54, 1.807) is 38.3 Å². The molecule has 1 heterocycles.